The molecule has 7 nitrogen and oxygen atoms in total. The molecule has 8 heteroatoms. The van der Waals surface area contributed by atoms with Crippen LogP contribution in [0.4, 0.5) is 4.39 Å². The minimum absolute atomic E-state index is 0.138. The summed E-state index contributed by atoms with van der Waals surface area (Å²) < 4.78 is 19.3. The van der Waals surface area contributed by atoms with Gasteiger partial charge in [-0.15, -0.1) is 0 Å². The minimum Gasteiger partial charge on any atom is -0.378 e. The standard InChI is InChI=1S/C32H46FN5O2/c1-21-15-36(28(14-34-21)16-37-22(2)18-40-19-23(37)3)17-30(39)38-20-32(5,6)31-29(38)13-26(24(4)35(31)7)12-25-8-10-27(33)11-9-25/h8-11,13,21-23,28,34H,4,12,14-20H2,1-3,5-7H3/t21-,22-,23-,28-/m1/s1. The molecule has 0 unspecified atom stereocenters. The Labute approximate surface area is 239 Å². The van der Waals surface area contributed by atoms with Gasteiger partial charge in [0.1, 0.15) is 5.82 Å². The second kappa shape index (κ2) is 11.4. The van der Waals surface area contributed by atoms with Crippen LogP contribution in [-0.2, 0) is 16.0 Å². The number of morpholine rings is 1. The Kier molecular flexibility index (Phi) is 8.26. The average molecular weight is 552 g/mol. The lowest BCUT2D eigenvalue weighted by Gasteiger charge is -2.46. The number of nitrogens with zero attached hydrogens (tertiary/aromatic N) is 4. The van der Waals surface area contributed by atoms with Gasteiger partial charge in [0.05, 0.1) is 25.5 Å². The first kappa shape index (κ1) is 29.0. The Morgan fingerprint density at radius 2 is 1.82 bits per heavy atom. The number of benzene rings is 1. The van der Waals surface area contributed by atoms with Crippen LogP contribution in [0.5, 0.6) is 0 Å². The maximum Gasteiger partial charge on any atom is 0.241 e. The summed E-state index contributed by atoms with van der Waals surface area (Å²) in [5.74, 6) is -0.103. The molecule has 0 aromatic heterocycles. The van der Waals surface area contributed by atoms with Crippen LogP contribution < -0.4 is 5.32 Å². The number of likely N-dealkylation sites (N-methyl/N-ethyl adjacent to an activating group) is 1. The van der Waals surface area contributed by atoms with Crippen molar-refractivity contribution >= 4 is 5.91 Å². The van der Waals surface area contributed by atoms with Gasteiger partial charge in [0.15, 0.2) is 0 Å². The second-order valence-corrected chi connectivity index (χ2v) is 12.9. The number of halogens is 1. The number of piperazine rings is 1. The van der Waals surface area contributed by atoms with E-state index < -0.39 is 0 Å². The average Bonchev–Trinajstić information content (AvgIpc) is 3.17. The van der Waals surface area contributed by atoms with Crippen LogP contribution in [-0.4, -0.2) is 103 Å². The van der Waals surface area contributed by atoms with Crippen LogP contribution >= 0.6 is 0 Å². The molecule has 5 rings (SSSR count). The Morgan fingerprint density at radius 1 is 1.15 bits per heavy atom. The molecule has 0 radical (unpaired) electrons. The third-order valence-corrected chi connectivity index (χ3v) is 9.10. The van der Waals surface area contributed by atoms with E-state index in [0.717, 1.165) is 61.1 Å². The highest BCUT2D eigenvalue weighted by atomic mass is 19.1. The summed E-state index contributed by atoms with van der Waals surface area (Å²) in [5, 5.41) is 3.64. The number of allylic oxidation sites excluding steroid dienone is 2. The zero-order valence-electron chi connectivity index (χ0n) is 25.0. The number of rotatable bonds is 6. The van der Waals surface area contributed by atoms with Crippen molar-refractivity contribution in [3.8, 4) is 0 Å². The molecular formula is C32H46FN5O2. The number of hydrogen-bond acceptors (Lipinski definition) is 6. The first-order chi connectivity index (χ1) is 18.9. The molecule has 0 bridgehead atoms. The number of nitrogens with one attached hydrogen (secondary N) is 1. The minimum atomic E-state index is -0.241. The van der Waals surface area contributed by atoms with E-state index in [-0.39, 0.29) is 23.2 Å². The lowest BCUT2D eigenvalue weighted by atomic mass is 9.87. The van der Waals surface area contributed by atoms with Gasteiger partial charge in [0, 0.05) is 74.2 Å². The fourth-order valence-electron chi connectivity index (χ4n) is 6.90. The molecule has 1 aromatic rings. The van der Waals surface area contributed by atoms with E-state index in [4.69, 9.17) is 4.74 Å². The van der Waals surface area contributed by atoms with Crippen molar-refractivity contribution in [2.45, 2.75) is 65.2 Å². The van der Waals surface area contributed by atoms with Crippen molar-refractivity contribution in [2.75, 3.05) is 53.0 Å². The summed E-state index contributed by atoms with van der Waals surface area (Å²) in [6, 6.07) is 7.94. The summed E-state index contributed by atoms with van der Waals surface area (Å²) >= 11 is 0. The third-order valence-electron chi connectivity index (χ3n) is 9.10. The van der Waals surface area contributed by atoms with Crippen molar-refractivity contribution in [1.82, 2.24) is 24.9 Å². The number of carbonyl (C=O) groups excluding carboxylic acids is 1. The molecule has 0 saturated carbocycles. The van der Waals surface area contributed by atoms with Crippen LogP contribution in [0.3, 0.4) is 0 Å². The Hall–Kier alpha value is -2.52. The Bertz CT molecular complexity index is 1180. The molecule has 0 aliphatic carbocycles. The molecule has 4 heterocycles. The molecule has 4 atom stereocenters. The fraction of sp³-hybridized carbons (Fsp3) is 0.594. The highest BCUT2D eigenvalue weighted by Gasteiger charge is 2.45. The SMILES string of the molecule is C=C1C(Cc2ccc(F)cc2)=CC2=C(N1C)C(C)(C)CN2C(=O)CN1C[C@@H](C)NC[C@@H]1CN1[C@H](C)COC[C@H]1C. The molecule has 1 amide bonds. The van der Waals surface area contributed by atoms with Gasteiger partial charge in [-0.05, 0) is 56.5 Å². The molecular weight excluding hydrogens is 505 g/mol. The molecule has 40 heavy (non-hydrogen) atoms. The first-order valence-corrected chi connectivity index (χ1v) is 14.7. The molecule has 0 spiro atoms. The third kappa shape index (κ3) is 5.77. The largest absolute Gasteiger partial charge is 0.378 e. The monoisotopic (exact) mass is 551 g/mol. The Morgan fingerprint density at radius 3 is 2.50 bits per heavy atom. The van der Waals surface area contributed by atoms with Gasteiger partial charge >= 0.3 is 0 Å². The number of amides is 1. The van der Waals surface area contributed by atoms with Crippen LogP contribution in [0.15, 0.2) is 59.6 Å². The summed E-state index contributed by atoms with van der Waals surface area (Å²) in [6.45, 7) is 20.6. The molecule has 2 fully saturated rings. The highest BCUT2D eigenvalue weighted by molar-refractivity contribution is 5.82. The van der Waals surface area contributed by atoms with Crippen molar-refractivity contribution in [3.63, 3.8) is 0 Å². The van der Waals surface area contributed by atoms with Gasteiger partial charge in [-0.25, -0.2) is 4.39 Å². The van der Waals surface area contributed by atoms with Crippen LogP contribution in [0, 0.1) is 11.2 Å². The van der Waals surface area contributed by atoms with Gasteiger partial charge in [0.25, 0.3) is 0 Å². The highest BCUT2D eigenvalue weighted by Crippen LogP contribution is 2.46. The predicted octanol–water partition coefficient (Wildman–Crippen LogP) is 3.61. The van der Waals surface area contributed by atoms with Crippen molar-refractivity contribution in [2.24, 2.45) is 5.41 Å². The molecule has 218 valence electrons. The van der Waals surface area contributed by atoms with E-state index in [1.54, 1.807) is 0 Å². The van der Waals surface area contributed by atoms with E-state index >= 15 is 0 Å². The summed E-state index contributed by atoms with van der Waals surface area (Å²) in [7, 11) is 2.05. The lowest BCUT2D eigenvalue weighted by Crippen LogP contribution is -2.63. The van der Waals surface area contributed by atoms with E-state index in [2.05, 4.69) is 67.3 Å². The van der Waals surface area contributed by atoms with Gasteiger partial charge in [-0.2, -0.15) is 0 Å². The molecule has 4 aliphatic rings. The number of hydrogen-bond donors (Lipinski definition) is 1. The Balaban J connectivity index is 1.37. The quantitative estimate of drug-likeness (QED) is 0.583. The normalized spacial score (nSPS) is 29.6. The molecule has 1 aromatic carbocycles. The zero-order chi connectivity index (χ0) is 28.8. The van der Waals surface area contributed by atoms with Gasteiger partial charge in [0.2, 0.25) is 5.91 Å². The second-order valence-electron chi connectivity index (χ2n) is 12.9. The molecule has 4 aliphatic heterocycles. The van der Waals surface area contributed by atoms with Gasteiger partial charge in [-0.3, -0.25) is 14.6 Å². The van der Waals surface area contributed by atoms with Gasteiger partial charge in [-0.1, -0.05) is 32.6 Å². The summed E-state index contributed by atoms with van der Waals surface area (Å²) in [5.41, 5.74) is 4.90. The predicted molar refractivity (Wildman–Crippen MR) is 157 cm³/mol. The first-order valence-electron chi connectivity index (χ1n) is 14.7. The van der Waals surface area contributed by atoms with Gasteiger partial charge < -0.3 is 19.9 Å². The van der Waals surface area contributed by atoms with Crippen molar-refractivity contribution < 1.29 is 13.9 Å². The molecule has 2 saturated heterocycles. The van der Waals surface area contributed by atoms with Crippen LogP contribution in [0.2, 0.25) is 0 Å². The zero-order valence-corrected chi connectivity index (χ0v) is 25.0. The lowest BCUT2D eigenvalue weighted by molar-refractivity contribution is -0.132. The number of ether oxygens (including phenoxy) is 1. The van der Waals surface area contributed by atoms with E-state index in [1.807, 2.05) is 24.1 Å². The summed E-state index contributed by atoms with van der Waals surface area (Å²) in [6.07, 6.45) is 2.78. The van der Waals surface area contributed by atoms with Crippen molar-refractivity contribution in [3.05, 3.63) is 71.0 Å². The molecule has 1 N–H and O–H groups in total. The van der Waals surface area contributed by atoms with E-state index in [9.17, 15) is 9.18 Å². The topological polar surface area (TPSA) is 51.3 Å². The van der Waals surface area contributed by atoms with Crippen LogP contribution in [0.1, 0.15) is 40.2 Å². The maximum absolute atomic E-state index is 14.1. The summed E-state index contributed by atoms with van der Waals surface area (Å²) in [4.78, 5) is 23.2. The van der Waals surface area contributed by atoms with E-state index in [0.29, 0.717) is 37.6 Å². The number of carbonyl (C=O) groups is 1. The van der Waals surface area contributed by atoms with Crippen LogP contribution in [0.25, 0.3) is 0 Å². The van der Waals surface area contributed by atoms with E-state index in [1.165, 1.54) is 12.1 Å². The maximum atomic E-state index is 14.1. The smallest absolute Gasteiger partial charge is 0.241 e. The van der Waals surface area contributed by atoms with Crippen molar-refractivity contribution in [1.29, 1.82) is 0 Å². The fourth-order valence-corrected chi connectivity index (χ4v) is 6.90.